The molecule has 0 amide bonds. The van der Waals surface area contributed by atoms with Crippen molar-refractivity contribution in [1.82, 2.24) is 4.57 Å². The summed E-state index contributed by atoms with van der Waals surface area (Å²) in [5.41, 5.74) is 3.34. The zero-order valence-electron chi connectivity index (χ0n) is 12.5. The third kappa shape index (κ3) is 2.33. The van der Waals surface area contributed by atoms with Gasteiger partial charge in [-0.3, -0.25) is 4.79 Å². The Bertz CT molecular complexity index is 823. The molecule has 0 atom stereocenters. The number of pyridine rings is 1. The van der Waals surface area contributed by atoms with Crippen LogP contribution in [-0.4, -0.2) is 17.6 Å². The van der Waals surface area contributed by atoms with Gasteiger partial charge in [-0.05, 0) is 49.1 Å². The summed E-state index contributed by atoms with van der Waals surface area (Å²) >= 11 is 6.07. The predicted octanol–water partition coefficient (Wildman–Crippen LogP) is 3.21. The number of methoxy groups -OCH3 is 1. The number of carbonyl (C=O) groups is 1. The Morgan fingerprint density at radius 3 is 2.77 bits per heavy atom. The van der Waals surface area contributed by atoms with E-state index in [4.69, 9.17) is 16.3 Å². The molecule has 0 aliphatic carbocycles. The number of rotatable bonds is 2. The molecular weight excluding hydrogens is 302 g/mol. The van der Waals surface area contributed by atoms with Crippen molar-refractivity contribution in [3.8, 4) is 11.1 Å². The Hall–Kier alpha value is -2.07. The van der Waals surface area contributed by atoms with Crippen molar-refractivity contribution in [3.63, 3.8) is 0 Å². The maximum Gasteiger partial charge on any atom is 0.339 e. The first-order chi connectivity index (χ1) is 10.5. The average Bonchev–Trinajstić information content (AvgIpc) is 3.00. The second-order valence-electron chi connectivity index (χ2n) is 5.43. The molecule has 1 aromatic heterocycles. The summed E-state index contributed by atoms with van der Waals surface area (Å²) in [4.78, 5) is 24.8. The Morgan fingerprint density at radius 2 is 2.05 bits per heavy atom. The van der Waals surface area contributed by atoms with Crippen LogP contribution in [0.3, 0.4) is 0 Å². The van der Waals surface area contributed by atoms with Crippen molar-refractivity contribution >= 4 is 17.6 Å². The van der Waals surface area contributed by atoms with Crippen LogP contribution in [0.1, 0.15) is 28.0 Å². The van der Waals surface area contributed by atoms with E-state index >= 15 is 0 Å². The third-order valence-corrected chi connectivity index (χ3v) is 4.33. The quantitative estimate of drug-likeness (QED) is 0.799. The normalized spacial score (nSPS) is 13.0. The largest absolute Gasteiger partial charge is 0.465 e. The van der Waals surface area contributed by atoms with Crippen LogP contribution >= 0.6 is 11.6 Å². The molecule has 0 spiro atoms. The fraction of sp³-hybridized carbons (Fsp3) is 0.294. The van der Waals surface area contributed by atoms with Gasteiger partial charge in [-0.2, -0.15) is 0 Å². The van der Waals surface area contributed by atoms with Gasteiger partial charge in [0.05, 0.1) is 12.7 Å². The number of esters is 1. The zero-order chi connectivity index (χ0) is 15.9. The molecule has 5 heteroatoms. The minimum Gasteiger partial charge on any atom is -0.465 e. The van der Waals surface area contributed by atoms with Gasteiger partial charge in [0.25, 0.3) is 5.56 Å². The van der Waals surface area contributed by atoms with Gasteiger partial charge in [0.2, 0.25) is 0 Å². The van der Waals surface area contributed by atoms with Gasteiger partial charge in [0, 0.05) is 22.8 Å². The van der Waals surface area contributed by atoms with E-state index in [1.807, 2.05) is 13.0 Å². The Morgan fingerprint density at radius 1 is 1.27 bits per heavy atom. The molecule has 0 radical (unpaired) electrons. The van der Waals surface area contributed by atoms with Crippen LogP contribution in [-0.2, 0) is 17.7 Å². The van der Waals surface area contributed by atoms with Gasteiger partial charge in [0.1, 0.15) is 0 Å². The molecule has 114 valence electrons. The van der Waals surface area contributed by atoms with E-state index in [9.17, 15) is 9.59 Å². The minimum absolute atomic E-state index is 0.0782. The lowest BCUT2D eigenvalue weighted by Crippen LogP contribution is -2.24. The van der Waals surface area contributed by atoms with E-state index in [1.54, 1.807) is 22.8 Å². The zero-order valence-corrected chi connectivity index (χ0v) is 13.2. The van der Waals surface area contributed by atoms with Crippen LogP contribution < -0.4 is 5.56 Å². The van der Waals surface area contributed by atoms with Crippen molar-refractivity contribution in [2.45, 2.75) is 26.3 Å². The molecule has 1 aliphatic heterocycles. The molecule has 3 rings (SSSR count). The number of fused-ring (bicyclic) bond motifs is 1. The van der Waals surface area contributed by atoms with E-state index < -0.39 is 5.97 Å². The highest BCUT2D eigenvalue weighted by Crippen LogP contribution is 2.28. The smallest absolute Gasteiger partial charge is 0.339 e. The standard InChI is InChI=1S/C17H16ClNO3/c1-10-5-6-11(18)8-12(10)13-9-14(17(21)22-2)15-4-3-7-19(15)16(13)20/h5-6,8-9H,3-4,7H2,1-2H3. The number of nitrogens with zero attached hydrogens (tertiary/aromatic N) is 1. The van der Waals surface area contributed by atoms with Gasteiger partial charge in [-0.25, -0.2) is 4.79 Å². The van der Waals surface area contributed by atoms with Crippen LogP contribution in [0.25, 0.3) is 11.1 Å². The van der Waals surface area contributed by atoms with E-state index in [1.165, 1.54) is 7.11 Å². The molecule has 1 aromatic carbocycles. The van der Waals surface area contributed by atoms with Crippen molar-refractivity contribution in [1.29, 1.82) is 0 Å². The molecule has 2 aromatic rings. The monoisotopic (exact) mass is 317 g/mol. The maximum atomic E-state index is 12.8. The fourth-order valence-corrected chi connectivity index (χ4v) is 3.15. The summed E-state index contributed by atoms with van der Waals surface area (Å²) in [5.74, 6) is -0.411. The Labute approximate surface area is 133 Å². The molecule has 0 bridgehead atoms. The van der Waals surface area contributed by atoms with Gasteiger partial charge < -0.3 is 9.30 Å². The predicted molar refractivity (Wildman–Crippen MR) is 85.5 cm³/mol. The first-order valence-electron chi connectivity index (χ1n) is 7.14. The number of hydrogen-bond donors (Lipinski definition) is 0. The summed E-state index contributed by atoms with van der Waals surface area (Å²) in [6, 6.07) is 7.06. The summed E-state index contributed by atoms with van der Waals surface area (Å²) < 4.78 is 6.55. The van der Waals surface area contributed by atoms with Crippen molar-refractivity contribution in [3.05, 3.63) is 56.5 Å². The van der Waals surface area contributed by atoms with E-state index in [0.717, 1.165) is 23.2 Å². The molecule has 1 aliphatic rings. The van der Waals surface area contributed by atoms with E-state index in [2.05, 4.69) is 0 Å². The summed E-state index contributed by atoms with van der Waals surface area (Å²) in [7, 11) is 1.35. The first-order valence-corrected chi connectivity index (χ1v) is 7.52. The number of benzene rings is 1. The summed E-state index contributed by atoms with van der Waals surface area (Å²) in [5, 5.41) is 0.560. The van der Waals surface area contributed by atoms with Crippen molar-refractivity contribution < 1.29 is 9.53 Å². The number of aryl methyl sites for hydroxylation is 1. The second-order valence-corrected chi connectivity index (χ2v) is 5.87. The summed E-state index contributed by atoms with van der Waals surface area (Å²) in [6.07, 6.45) is 1.58. The molecule has 0 unspecified atom stereocenters. The third-order valence-electron chi connectivity index (χ3n) is 4.09. The fourth-order valence-electron chi connectivity index (χ4n) is 2.98. The highest BCUT2D eigenvalue weighted by molar-refractivity contribution is 6.30. The number of ether oxygens (including phenoxy) is 1. The molecule has 0 N–H and O–H groups in total. The van der Waals surface area contributed by atoms with Gasteiger partial charge in [-0.1, -0.05) is 17.7 Å². The van der Waals surface area contributed by atoms with E-state index in [-0.39, 0.29) is 5.56 Å². The SMILES string of the molecule is COC(=O)c1cc(-c2cc(Cl)ccc2C)c(=O)n2c1CCC2. The first kappa shape index (κ1) is 14.9. The van der Waals surface area contributed by atoms with E-state index in [0.29, 0.717) is 29.1 Å². The number of hydrogen-bond acceptors (Lipinski definition) is 3. The van der Waals surface area contributed by atoms with Gasteiger partial charge >= 0.3 is 5.97 Å². The lowest BCUT2D eigenvalue weighted by Gasteiger charge is -2.13. The van der Waals surface area contributed by atoms with Gasteiger partial charge in [-0.15, -0.1) is 0 Å². The van der Waals surface area contributed by atoms with Crippen LogP contribution in [0.5, 0.6) is 0 Å². The van der Waals surface area contributed by atoms with Crippen LogP contribution in [0.15, 0.2) is 29.1 Å². The lowest BCUT2D eigenvalue weighted by atomic mass is 9.99. The number of carbonyl (C=O) groups excluding carboxylic acids is 1. The van der Waals surface area contributed by atoms with Crippen molar-refractivity contribution in [2.24, 2.45) is 0 Å². The minimum atomic E-state index is -0.411. The van der Waals surface area contributed by atoms with Crippen LogP contribution in [0.4, 0.5) is 0 Å². The maximum absolute atomic E-state index is 12.8. The molecule has 0 fully saturated rings. The molecule has 0 saturated heterocycles. The molecule has 22 heavy (non-hydrogen) atoms. The second kappa shape index (κ2) is 5.61. The Kier molecular flexibility index (Phi) is 3.79. The van der Waals surface area contributed by atoms with Crippen LogP contribution in [0.2, 0.25) is 5.02 Å². The van der Waals surface area contributed by atoms with Crippen molar-refractivity contribution in [2.75, 3.05) is 7.11 Å². The number of halogens is 1. The highest BCUT2D eigenvalue weighted by Gasteiger charge is 2.24. The molecule has 4 nitrogen and oxygen atoms in total. The molecule has 2 heterocycles. The highest BCUT2D eigenvalue weighted by atomic mass is 35.5. The average molecular weight is 318 g/mol. The van der Waals surface area contributed by atoms with Gasteiger partial charge in [0.15, 0.2) is 0 Å². The summed E-state index contributed by atoms with van der Waals surface area (Å²) in [6.45, 7) is 2.55. The molecule has 0 saturated carbocycles. The topological polar surface area (TPSA) is 48.3 Å². The Balaban J connectivity index is 2.31. The lowest BCUT2D eigenvalue weighted by molar-refractivity contribution is 0.0598. The molecular formula is C17H16ClNO3. The number of aromatic nitrogens is 1. The van der Waals surface area contributed by atoms with Crippen LogP contribution in [0, 0.1) is 6.92 Å².